The minimum Gasteiger partial charge on any atom is -0.460 e. The van der Waals surface area contributed by atoms with E-state index in [0.29, 0.717) is 37.4 Å². The number of esters is 1. The molecule has 3 aliphatic carbocycles. The summed E-state index contributed by atoms with van der Waals surface area (Å²) in [5, 5.41) is 4.15. The van der Waals surface area contributed by atoms with E-state index in [4.69, 9.17) is 23.5 Å². The average molecular weight is 709 g/mol. The number of ether oxygens (including phenoxy) is 5. The second-order valence-corrected chi connectivity index (χ2v) is 14.3. The summed E-state index contributed by atoms with van der Waals surface area (Å²) >= 11 is 0. The number of alkyl halides is 3. The van der Waals surface area contributed by atoms with Crippen molar-refractivity contribution in [3.05, 3.63) is 65.4 Å². The van der Waals surface area contributed by atoms with Crippen molar-refractivity contribution >= 4 is 16.0 Å². The summed E-state index contributed by atoms with van der Waals surface area (Å²) in [6.07, 6.45) is -0.517. The molecule has 0 unspecified atom stereocenters. The van der Waals surface area contributed by atoms with Gasteiger partial charge in [-0.05, 0) is 74.6 Å². The number of carbonyl (C=O) groups excluding carboxylic acids is 1. The van der Waals surface area contributed by atoms with E-state index in [9.17, 15) is 26.4 Å². The zero-order chi connectivity index (χ0) is 34.6. The van der Waals surface area contributed by atoms with Gasteiger partial charge in [0.2, 0.25) is 10.0 Å². The van der Waals surface area contributed by atoms with Crippen LogP contribution < -0.4 is 9.46 Å². The molecule has 1 heterocycles. The monoisotopic (exact) mass is 708 g/mol. The number of sulfonamides is 1. The Morgan fingerprint density at radius 1 is 0.959 bits per heavy atom. The van der Waals surface area contributed by atoms with Crippen LogP contribution in [0.5, 0.6) is 5.75 Å². The number of carbonyl (C=O) groups is 1. The molecular weight excluding hydrogens is 669 g/mol. The van der Waals surface area contributed by atoms with Crippen LogP contribution in [0.4, 0.5) is 13.2 Å². The summed E-state index contributed by atoms with van der Waals surface area (Å²) in [5.74, 6) is -0.411. The van der Waals surface area contributed by atoms with Gasteiger partial charge >= 0.3 is 12.3 Å². The largest absolute Gasteiger partial charge is 0.573 e. The molecule has 4 atom stereocenters. The van der Waals surface area contributed by atoms with Crippen LogP contribution >= 0.6 is 0 Å². The first-order chi connectivity index (χ1) is 23.5. The maximum absolute atomic E-state index is 13.7. The second-order valence-electron chi connectivity index (χ2n) is 12.6. The van der Waals surface area contributed by atoms with Gasteiger partial charge in [0.25, 0.3) is 0 Å². The van der Waals surface area contributed by atoms with Crippen molar-refractivity contribution < 1.29 is 54.6 Å². The molecule has 2 aromatic carbocycles. The van der Waals surface area contributed by atoms with Crippen molar-refractivity contribution in [3.8, 4) is 17.0 Å². The molecule has 3 fully saturated rings. The van der Waals surface area contributed by atoms with Gasteiger partial charge in [-0.25, -0.2) is 17.9 Å². The van der Waals surface area contributed by atoms with Gasteiger partial charge in [0.15, 0.2) is 0 Å². The summed E-state index contributed by atoms with van der Waals surface area (Å²) in [4.78, 5) is 12.7. The Morgan fingerprint density at radius 2 is 1.65 bits per heavy atom. The number of aromatic nitrogens is 1. The smallest absolute Gasteiger partial charge is 0.460 e. The number of methoxy groups -OCH3 is 1. The van der Waals surface area contributed by atoms with Gasteiger partial charge in [-0.2, -0.15) is 0 Å². The number of benzene rings is 2. The maximum Gasteiger partial charge on any atom is 0.573 e. The van der Waals surface area contributed by atoms with E-state index in [1.807, 2.05) is 0 Å². The van der Waals surface area contributed by atoms with Crippen LogP contribution in [0.15, 0.2) is 57.9 Å². The zero-order valence-corrected chi connectivity index (χ0v) is 27.8. The Labute approximate surface area is 282 Å². The Bertz CT molecular complexity index is 1700. The topological polar surface area (TPSA) is 135 Å². The van der Waals surface area contributed by atoms with E-state index in [1.54, 1.807) is 25.3 Å². The standard InChI is InChI=1S/C34H39F3N2O9S/c1-43-14-15-44-16-17-45-33(40)26-7-3-5-9-29(26)49(41,42)39-30-22-12-13-23(30)19-24(18-22)46-20-27-31(38-48-32(27)21-10-11-21)25-6-2-4-8-28(25)47-34(35,36)37/h2-9,21-24,30,39H,10-20H2,1H3/t22-,23+,24+,30-. The van der Waals surface area contributed by atoms with E-state index >= 15 is 0 Å². The summed E-state index contributed by atoms with van der Waals surface area (Å²) in [6.45, 7) is 0.942. The van der Waals surface area contributed by atoms with Crippen LogP contribution in [0.3, 0.4) is 0 Å². The Balaban J connectivity index is 1.10. The molecule has 15 heteroatoms. The zero-order valence-electron chi connectivity index (χ0n) is 26.9. The van der Waals surface area contributed by atoms with Gasteiger partial charge < -0.3 is 28.2 Å². The van der Waals surface area contributed by atoms with Crippen LogP contribution in [0.1, 0.15) is 66.1 Å². The van der Waals surface area contributed by atoms with Crippen molar-refractivity contribution in [1.82, 2.24) is 9.88 Å². The summed E-state index contributed by atoms with van der Waals surface area (Å²) in [5.41, 5.74) is 0.948. The molecule has 2 bridgehead atoms. The van der Waals surface area contributed by atoms with E-state index < -0.39 is 22.4 Å². The number of halogens is 3. The van der Waals surface area contributed by atoms with Crippen molar-refractivity contribution in [2.75, 3.05) is 33.5 Å². The minimum absolute atomic E-state index is 0.00681. The first-order valence-corrected chi connectivity index (χ1v) is 17.8. The second kappa shape index (κ2) is 15.2. The molecule has 11 nitrogen and oxygen atoms in total. The maximum atomic E-state index is 13.7. The first kappa shape index (κ1) is 35.3. The Hall–Kier alpha value is -3.50. The third kappa shape index (κ3) is 8.63. The van der Waals surface area contributed by atoms with Crippen LogP contribution in [0.25, 0.3) is 11.3 Å². The van der Waals surface area contributed by atoms with Gasteiger partial charge in [0, 0.05) is 30.2 Å². The quantitative estimate of drug-likeness (QED) is 0.140. The molecular formula is C34H39F3N2O9S. The lowest BCUT2D eigenvalue weighted by atomic mass is 9.83. The number of rotatable bonds is 16. The summed E-state index contributed by atoms with van der Waals surface area (Å²) in [6, 6.07) is 11.4. The number of nitrogens with one attached hydrogen (secondary N) is 1. The molecule has 0 radical (unpaired) electrons. The molecule has 3 aromatic rings. The van der Waals surface area contributed by atoms with Crippen molar-refractivity contribution in [2.45, 2.75) is 74.5 Å². The molecule has 0 amide bonds. The van der Waals surface area contributed by atoms with Crippen LogP contribution in [-0.2, 0) is 35.6 Å². The molecule has 1 aromatic heterocycles. The van der Waals surface area contributed by atoms with Crippen LogP contribution in [0.2, 0.25) is 0 Å². The molecule has 49 heavy (non-hydrogen) atoms. The first-order valence-electron chi connectivity index (χ1n) is 16.3. The third-order valence-electron chi connectivity index (χ3n) is 9.23. The van der Waals surface area contributed by atoms with Crippen LogP contribution in [-0.4, -0.2) is 71.6 Å². The fourth-order valence-electron chi connectivity index (χ4n) is 6.85. The Morgan fingerprint density at radius 3 is 2.37 bits per heavy atom. The lowest BCUT2D eigenvalue weighted by Gasteiger charge is -2.35. The highest BCUT2D eigenvalue weighted by molar-refractivity contribution is 7.89. The lowest BCUT2D eigenvalue weighted by molar-refractivity contribution is -0.274. The predicted octanol–water partition coefficient (Wildman–Crippen LogP) is 5.99. The average Bonchev–Trinajstić information content (AvgIpc) is 3.79. The molecule has 1 N–H and O–H groups in total. The Kier molecular flexibility index (Phi) is 10.9. The van der Waals surface area contributed by atoms with Gasteiger partial charge in [-0.15, -0.1) is 13.2 Å². The lowest BCUT2D eigenvalue weighted by Crippen LogP contribution is -2.46. The molecule has 3 saturated carbocycles. The number of hydrogen-bond donors (Lipinski definition) is 1. The number of fused-ring (bicyclic) bond motifs is 2. The fraction of sp³-hybridized carbons (Fsp3) is 0.529. The summed E-state index contributed by atoms with van der Waals surface area (Å²) in [7, 11) is -2.53. The van der Waals surface area contributed by atoms with E-state index in [1.165, 1.54) is 30.3 Å². The van der Waals surface area contributed by atoms with E-state index in [2.05, 4.69) is 14.6 Å². The highest BCUT2D eigenvalue weighted by atomic mass is 32.2. The number of hydrogen-bond acceptors (Lipinski definition) is 10. The highest BCUT2D eigenvalue weighted by Gasteiger charge is 2.45. The molecule has 0 saturated heterocycles. The van der Waals surface area contributed by atoms with E-state index in [-0.39, 0.29) is 77.2 Å². The van der Waals surface area contributed by atoms with Gasteiger partial charge in [-0.1, -0.05) is 29.4 Å². The SMILES string of the molecule is COCCOCCOC(=O)c1ccccc1S(=O)(=O)N[C@@H]1[C@@H]2CC[C@H]1C[C@@H](OCc1c(-c3ccccc3OC(F)(F)F)noc1C1CC1)C2. The summed E-state index contributed by atoms with van der Waals surface area (Å²) < 4.78 is 102. The van der Waals surface area contributed by atoms with Crippen molar-refractivity contribution in [1.29, 1.82) is 0 Å². The van der Waals surface area contributed by atoms with Crippen molar-refractivity contribution in [3.63, 3.8) is 0 Å². The van der Waals surface area contributed by atoms with E-state index in [0.717, 1.165) is 25.7 Å². The predicted molar refractivity (Wildman–Crippen MR) is 168 cm³/mol. The molecule has 6 rings (SSSR count). The normalized spacial score (nSPS) is 22.3. The fourth-order valence-corrected chi connectivity index (χ4v) is 8.41. The molecule has 3 aliphatic rings. The number of para-hydroxylation sites is 1. The molecule has 266 valence electrons. The molecule has 0 spiro atoms. The van der Waals surface area contributed by atoms with Crippen LogP contribution in [0, 0.1) is 11.8 Å². The molecule has 0 aliphatic heterocycles. The van der Waals surface area contributed by atoms with Crippen molar-refractivity contribution in [2.24, 2.45) is 11.8 Å². The van der Waals surface area contributed by atoms with Gasteiger partial charge in [-0.3, -0.25) is 0 Å². The minimum atomic E-state index is -4.87. The highest BCUT2D eigenvalue weighted by Crippen LogP contribution is 2.47. The van der Waals surface area contributed by atoms with Gasteiger partial charge in [0.1, 0.15) is 23.8 Å². The number of nitrogens with zero attached hydrogens (tertiary/aromatic N) is 1. The van der Waals surface area contributed by atoms with Gasteiger partial charge in [0.05, 0.1) is 43.0 Å². The third-order valence-corrected chi connectivity index (χ3v) is 10.8.